The molecular weight excluding hydrogens is 236 g/mol. The number of para-hydroxylation sites is 1. The Morgan fingerprint density at radius 3 is 2.53 bits per heavy atom. The van der Waals surface area contributed by atoms with Gasteiger partial charge in [-0.25, -0.2) is 0 Å². The Bertz CT molecular complexity index is 790. The van der Waals surface area contributed by atoms with Crippen molar-refractivity contribution in [3.05, 3.63) is 54.6 Å². The van der Waals surface area contributed by atoms with Crippen LogP contribution in [-0.4, -0.2) is 7.11 Å². The van der Waals surface area contributed by atoms with Crippen LogP contribution in [0.1, 0.15) is 0 Å². The summed E-state index contributed by atoms with van der Waals surface area (Å²) in [6, 6.07) is 18.3. The van der Waals surface area contributed by atoms with E-state index in [4.69, 9.17) is 9.47 Å². The van der Waals surface area contributed by atoms with Crippen molar-refractivity contribution in [2.24, 2.45) is 0 Å². The molecule has 1 heterocycles. The Balaban J connectivity index is 2.17. The molecule has 0 bridgehead atoms. The number of fused-ring (bicyclic) bond motifs is 2. The average Bonchev–Trinajstić information content (AvgIpc) is 2.48. The molecule has 2 nitrogen and oxygen atoms in total. The molecule has 1 aliphatic rings. The summed E-state index contributed by atoms with van der Waals surface area (Å²) in [6.45, 7) is 0. The second-order valence-corrected chi connectivity index (χ2v) is 4.59. The van der Waals surface area contributed by atoms with Crippen molar-refractivity contribution in [1.82, 2.24) is 0 Å². The summed E-state index contributed by atoms with van der Waals surface area (Å²) < 4.78 is 11.4. The van der Waals surface area contributed by atoms with Gasteiger partial charge in [-0.2, -0.15) is 0 Å². The summed E-state index contributed by atoms with van der Waals surface area (Å²) in [5, 5.41) is 2.22. The molecule has 0 atom stereocenters. The van der Waals surface area contributed by atoms with E-state index in [9.17, 15) is 0 Å². The average molecular weight is 248 g/mol. The maximum absolute atomic E-state index is 5.99. The van der Waals surface area contributed by atoms with Crippen LogP contribution < -0.4 is 9.47 Å². The lowest BCUT2D eigenvalue weighted by Crippen LogP contribution is -1.97. The van der Waals surface area contributed by atoms with E-state index in [0.29, 0.717) is 0 Å². The third kappa shape index (κ3) is 1.37. The fourth-order valence-corrected chi connectivity index (χ4v) is 2.73. The van der Waals surface area contributed by atoms with Crippen LogP contribution in [0.5, 0.6) is 17.2 Å². The maximum atomic E-state index is 5.99. The van der Waals surface area contributed by atoms with Gasteiger partial charge in [-0.3, -0.25) is 0 Å². The van der Waals surface area contributed by atoms with Crippen molar-refractivity contribution in [2.75, 3.05) is 7.11 Å². The molecule has 0 saturated carbocycles. The third-order valence-corrected chi connectivity index (χ3v) is 3.58. The van der Waals surface area contributed by atoms with Crippen LogP contribution in [0.4, 0.5) is 0 Å². The molecular formula is C17H12O2. The van der Waals surface area contributed by atoms with Gasteiger partial charge in [0.1, 0.15) is 17.2 Å². The molecule has 92 valence electrons. The van der Waals surface area contributed by atoms with Crippen LogP contribution in [0.2, 0.25) is 0 Å². The second kappa shape index (κ2) is 3.75. The molecule has 0 amide bonds. The van der Waals surface area contributed by atoms with Crippen LogP contribution >= 0.6 is 0 Å². The fraction of sp³-hybridized carbons (Fsp3) is 0.0588. The quantitative estimate of drug-likeness (QED) is 0.489. The van der Waals surface area contributed by atoms with Crippen LogP contribution in [-0.2, 0) is 0 Å². The van der Waals surface area contributed by atoms with Crippen LogP contribution in [0.3, 0.4) is 0 Å². The molecule has 0 spiro atoms. The molecule has 0 saturated heterocycles. The highest BCUT2D eigenvalue weighted by Crippen LogP contribution is 2.48. The number of methoxy groups -OCH3 is 1. The molecule has 0 N–H and O–H groups in total. The lowest BCUT2D eigenvalue weighted by Gasteiger charge is -2.21. The van der Waals surface area contributed by atoms with Gasteiger partial charge in [0.15, 0.2) is 0 Å². The molecule has 0 fully saturated rings. The van der Waals surface area contributed by atoms with Gasteiger partial charge in [0, 0.05) is 16.3 Å². The van der Waals surface area contributed by atoms with Gasteiger partial charge < -0.3 is 9.47 Å². The highest BCUT2D eigenvalue weighted by molar-refractivity contribution is 6.06. The molecule has 19 heavy (non-hydrogen) atoms. The third-order valence-electron chi connectivity index (χ3n) is 3.58. The molecule has 0 unspecified atom stereocenters. The van der Waals surface area contributed by atoms with Crippen molar-refractivity contribution in [2.45, 2.75) is 0 Å². The van der Waals surface area contributed by atoms with Gasteiger partial charge in [0.25, 0.3) is 0 Å². The van der Waals surface area contributed by atoms with Crippen molar-refractivity contribution in [3.8, 4) is 28.4 Å². The van der Waals surface area contributed by atoms with E-state index in [0.717, 1.165) is 33.6 Å². The topological polar surface area (TPSA) is 18.5 Å². The minimum Gasteiger partial charge on any atom is -0.496 e. The van der Waals surface area contributed by atoms with E-state index in [-0.39, 0.29) is 0 Å². The highest BCUT2D eigenvalue weighted by Gasteiger charge is 2.20. The SMILES string of the molecule is COc1ccc2c3c(cccc13)Oc1ccccc1-2. The number of hydrogen-bond acceptors (Lipinski definition) is 2. The largest absolute Gasteiger partial charge is 0.496 e. The zero-order valence-corrected chi connectivity index (χ0v) is 10.5. The van der Waals surface area contributed by atoms with Gasteiger partial charge in [-0.05, 0) is 29.8 Å². The molecule has 2 heteroatoms. The van der Waals surface area contributed by atoms with Crippen molar-refractivity contribution in [3.63, 3.8) is 0 Å². The summed E-state index contributed by atoms with van der Waals surface area (Å²) in [5.74, 6) is 2.68. The molecule has 3 aromatic rings. The summed E-state index contributed by atoms with van der Waals surface area (Å²) in [5.41, 5.74) is 2.34. The summed E-state index contributed by atoms with van der Waals surface area (Å²) in [6.07, 6.45) is 0. The first-order chi connectivity index (χ1) is 9.38. The lowest BCUT2D eigenvalue weighted by molar-refractivity contribution is 0.419. The first-order valence-electron chi connectivity index (χ1n) is 6.25. The monoisotopic (exact) mass is 248 g/mol. The molecule has 0 aromatic heterocycles. The van der Waals surface area contributed by atoms with Gasteiger partial charge >= 0.3 is 0 Å². The maximum Gasteiger partial charge on any atom is 0.136 e. The van der Waals surface area contributed by atoms with Crippen LogP contribution in [0.15, 0.2) is 54.6 Å². The smallest absolute Gasteiger partial charge is 0.136 e. The standard InChI is InChI=1S/C17H12O2/c1-18-14-10-9-12-11-5-2-3-7-15(11)19-16-8-4-6-13(14)17(12)16/h2-10H,1H3. The first-order valence-corrected chi connectivity index (χ1v) is 6.25. The van der Waals surface area contributed by atoms with Crippen molar-refractivity contribution >= 4 is 10.8 Å². The van der Waals surface area contributed by atoms with E-state index in [1.807, 2.05) is 36.4 Å². The zero-order chi connectivity index (χ0) is 12.8. The number of ether oxygens (including phenoxy) is 2. The van der Waals surface area contributed by atoms with E-state index >= 15 is 0 Å². The molecule has 1 aliphatic heterocycles. The Morgan fingerprint density at radius 2 is 1.63 bits per heavy atom. The van der Waals surface area contributed by atoms with Crippen LogP contribution in [0.25, 0.3) is 21.9 Å². The number of rotatable bonds is 1. The lowest BCUT2D eigenvalue weighted by atomic mass is 9.94. The van der Waals surface area contributed by atoms with Gasteiger partial charge in [-0.1, -0.05) is 30.3 Å². The van der Waals surface area contributed by atoms with Gasteiger partial charge in [0.2, 0.25) is 0 Å². The van der Waals surface area contributed by atoms with Crippen molar-refractivity contribution in [1.29, 1.82) is 0 Å². The summed E-state index contributed by atoms with van der Waals surface area (Å²) in [4.78, 5) is 0. The van der Waals surface area contributed by atoms with Crippen LogP contribution in [0, 0.1) is 0 Å². The number of benzene rings is 3. The van der Waals surface area contributed by atoms with E-state index in [1.54, 1.807) is 7.11 Å². The second-order valence-electron chi connectivity index (χ2n) is 4.59. The predicted octanol–water partition coefficient (Wildman–Crippen LogP) is 4.62. The van der Waals surface area contributed by atoms with Gasteiger partial charge in [-0.15, -0.1) is 0 Å². The molecule has 3 aromatic carbocycles. The van der Waals surface area contributed by atoms with E-state index in [1.165, 1.54) is 5.56 Å². The fourth-order valence-electron chi connectivity index (χ4n) is 2.73. The summed E-state index contributed by atoms with van der Waals surface area (Å²) >= 11 is 0. The Hall–Kier alpha value is -2.48. The normalized spacial score (nSPS) is 11.8. The molecule has 4 rings (SSSR count). The Kier molecular flexibility index (Phi) is 2.06. The minimum atomic E-state index is 0.878. The highest BCUT2D eigenvalue weighted by atomic mass is 16.5. The minimum absolute atomic E-state index is 0.878. The Labute approximate surface area is 111 Å². The Morgan fingerprint density at radius 1 is 0.789 bits per heavy atom. The van der Waals surface area contributed by atoms with E-state index < -0.39 is 0 Å². The van der Waals surface area contributed by atoms with Crippen molar-refractivity contribution < 1.29 is 9.47 Å². The zero-order valence-electron chi connectivity index (χ0n) is 10.5. The number of hydrogen-bond donors (Lipinski definition) is 0. The van der Waals surface area contributed by atoms with Gasteiger partial charge in [0.05, 0.1) is 7.11 Å². The first kappa shape index (κ1) is 10.4. The molecule has 0 radical (unpaired) electrons. The summed E-state index contributed by atoms with van der Waals surface area (Å²) in [7, 11) is 1.70. The predicted molar refractivity (Wildman–Crippen MR) is 76.0 cm³/mol. The van der Waals surface area contributed by atoms with E-state index in [2.05, 4.69) is 18.2 Å². The molecule has 0 aliphatic carbocycles.